The van der Waals surface area contributed by atoms with Crippen molar-refractivity contribution in [2.24, 2.45) is 0 Å². The Balaban J connectivity index is 1.53. The number of methoxy groups -OCH3 is 2. The van der Waals surface area contributed by atoms with Crippen LogP contribution < -0.4 is 9.47 Å². The van der Waals surface area contributed by atoms with Gasteiger partial charge in [0.05, 0.1) is 14.2 Å². The summed E-state index contributed by atoms with van der Waals surface area (Å²) in [7, 11) is 3.38. The maximum Gasteiger partial charge on any atom is 0.164 e. The van der Waals surface area contributed by atoms with Gasteiger partial charge in [0.1, 0.15) is 5.65 Å². The van der Waals surface area contributed by atoms with Crippen molar-refractivity contribution in [1.29, 1.82) is 0 Å². The summed E-state index contributed by atoms with van der Waals surface area (Å²) in [6.07, 6.45) is 6.91. The topological polar surface area (TPSA) is 50.4 Å². The Morgan fingerprint density at radius 3 is 2.93 bits per heavy atom. The molecule has 3 heterocycles. The van der Waals surface area contributed by atoms with Crippen molar-refractivity contribution >= 4 is 11.0 Å². The number of rotatable bonds is 7. The lowest BCUT2D eigenvalue weighted by atomic mass is 9.94. The van der Waals surface area contributed by atoms with E-state index in [1.807, 2.05) is 18.3 Å². The Morgan fingerprint density at radius 2 is 2.17 bits per heavy atom. The largest absolute Gasteiger partial charge is 0.493 e. The fraction of sp³-hybridized carbons (Fsp3) is 0.375. The van der Waals surface area contributed by atoms with E-state index in [1.54, 1.807) is 14.2 Å². The number of hydrogen-bond donors (Lipinski definition) is 1. The van der Waals surface area contributed by atoms with Crippen LogP contribution in [0.5, 0.6) is 11.5 Å². The van der Waals surface area contributed by atoms with Crippen LogP contribution in [0.2, 0.25) is 0 Å². The molecule has 1 N–H and O–H groups in total. The summed E-state index contributed by atoms with van der Waals surface area (Å²) in [5.41, 5.74) is 4.64. The number of H-pyrrole nitrogens is 1. The summed E-state index contributed by atoms with van der Waals surface area (Å²) in [6, 6.07) is 10.7. The summed E-state index contributed by atoms with van der Waals surface area (Å²) < 4.78 is 11.2. The molecule has 0 radical (unpaired) electrons. The van der Waals surface area contributed by atoms with Crippen LogP contribution in [0.4, 0.5) is 0 Å². The number of fused-ring (bicyclic) bond motifs is 1. The predicted octanol–water partition coefficient (Wildman–Crippen LogP) is 4.69. The van der Waals surface area contributed by atoms with Gasteiger partial charge in [-0.25, -0.2) is 4.98 Å². The van der Waals surface area contributed by atoms with Crippen LogP contribution in [-0.2, 0) is 13.0 Å². The molecule has 0 unspecified atom stereocenters. The Morgan fingerprint density at radius 1 is 1.28 bits per heavy atom. The fourth-order valence-corrected chi connectivity index (χ4v) is 4.42. The average molecular weight is 392 g/mol. The molecule has 5 heteroatoms. The van der Waals surface area contributed by atoms with Crippen LogP contribution in [0.25, 0.3) is 11.0 Å². The van der Waals surface area contributed by atoms with Gasteiger partial charge in [0, 0.05) is 41.8 Å². The molecule has 29 heavy (non-hydrogen) atoms. The molecule has 0 saturated carbocycles. The van der Waals surface area contributed by atoms with Crippen LogP contribution in [0.15, 0.2) is 49.2 Å². The second-order valence-corrected chi connectivity index (χ2v) is 7.72. The second kappa shape index (κ2) is 8.70. The van der Waals surface area contributed by atoms with Crippen LogP contribution in [0.3, 0.4) is 0 Å². The van der Waals surface area contributed by atoms with Crippen molar-refractivity contribution in [3.05, 3.63) is 66.0 Å². The first kappa shape index (κ1) is 19.5. The molecule has 1 aromatic carbocycles. The number of ether oxygens (including phenoxy) is 2. The summed E-state index contributed by atoms with van der Waals surface area (Å²) in [6.45, 7) is 6.93. The third-order valence-corrected chi connectivity index (χ3v) is 5.74. The van der Waals surface area contributed by atoms with E-state index in [4.69, 9.17) is 9.47 Å². The van der Waals surface area contributed by atoms with E-state index in [2.05, 4.69) is 45.7 Å². The van der Waals surface area contributed by atoms with Crippen molar-refractivity contribution in [3.8, 4) is 11.5 Å². The number of hydrogen-bond acceptors (Lipinski definition) is 4. The number of pyridine rings is 1. The molecule has 5 nitrogen and oxygen atoms in total. The molecule has 1 atom stereocenters. The monoisotopic (exact) mass is 391 g/mol. The molecule has 1 fully saturated rings. The zero-order valence-electron chi connectivity index (χ0n) is 17.3. The Hall–Kier alpha value is -2.79. The van der Waals surface area contributed by atoms with Crippen molar-refractivity contribution in [2.75, 3.05) is 27.3 Å². The Bertz CT molecular complexity index is 962. The molecule has 1 aliphatic heterocycles. The zero-order valence-corrected chi connectivity index (χ0v) is 17.3. The summed E-state index contributed by atoms with van der Waals surface area (Å²) in [5.74, 6) is 2.10. The third kappa shape index (κ3) is 4.15. The molecule has 152 valence electrons. The lowest BCUT2D eigenvalue weighted by Crippen LogP contribution is -2.34. The summed E-state index contributed by atoms with van der Waals surface area (Å²) in [4.78, 5) is 10.5. The van der Waals surface area contributed by atoms with E-state index in [0.29, 0.717) is 5.92 Å². The number of piperidine rings is 1. The number of benzene rings is 1. The number of aromatic nitrogens is 2. The number of nitrogens with zero attached hydrogens (tertiary/aromatic N) is 2. The molecule has 0 spiro atoms. The quantitative estimate of drug-likeness (QED) is 0.594. The first-order valence-corrected chi connectivity index (χ1v) is 10.2. The van der Waals surface area contributed by atoms with E-state index in [9.17, 15) is 0 Å². The summed E-state index contributed by atoms with van der Waals surface area (Å²) >= 11 is 0. The smallest absolute Gasteiger partial charge is 0.164 e. The van der Waals surface area contributed by atoms with Gasteiger partial charge in [-0.05, 0) is 55.6 Å². The lowest BCUT2D eigenvalue weighted by molar-refractivity contribution is 0.198. The highest BCUT2D eigenvalue weighted by Crippen LogP contribution is 2.35. The van der Waals surface area contributed by atoms with Gasteiger partial charge in [0.15, 0.2) is 11.5 Å². The highest BCUT2D eigenvalue weighted by molar-refractivity contribution is 5.76. The van der Waals surface area contributed by atoms with Gasteiger partial charge in [-0.15, -0.1) is 6.58 Å². The van der Waals surface area contributed by atoms with Gasteiger partial charge >= 0.3 is 0 Å². The standard InChI is InChI=1S/C24H29N3O2/c1-4-7-18-12-17(13-22(28-2)23(18)29-3)15-27-11-6-9-20(16-27)21-14-19-8-5-10-25-24(19)26-21/h4-5,8,10,12-14,20H,1,6-7,9,11,15-16H2,2-3H3,(H,25,26)/t20-/m0/s1. The molecule has 2 aromatic heterocycles. The minimum atomic E-state index is 0.505. The van der Waals surface area contributed by atoms with Gasteiger partial charge in [-0.1, -0.05) is 12.1 Å². The molecule has 1 aliphatic rings. The van der Waals surface area contributed by atoms with Crippen LogP contribution in [0, 0.1) is 0 Å². The summed E-state index contributed by atoms with van der Waals surface area (Å²) in [5, 5.41) is 1.19. The minimum absolute atomic E-state index is 0.505. The number of likely N-dealkylation sites (tertiary alicyclic amines) is 1. The second-order valence-electron chi connectivity index (χ2n) is 7.72. The molecular formula is C24H29N3O2. The fourth-order valence-electron chi connectivity index (χ4n) is 4.42. The van der Waals surface area contributed by atoms with E-state index in [0.717, 1.165) is 48.8 Å². The third-order valence-electron chi connectivity index (χ3n) is 5.74. The van der Waals surface area contributed by atoms with Gasteiger partial charge in [-0.2, -0.15) is 0 Å². The van der Waals surface area contributed by atoms with E-state index < -0.39 is 0 Å². The predicted molar refractivity (Wildman–Crippen MR) is 117 cm³/mol. The average Bonchev–Trinajstić information content (AvgIpc) is 3.18. The molecule has 0 bridgehead atoms. The van der Waals surface area contributed by atoms with Gasteiger partial charge in [-0.3, -0.25) is 4.90 Å². The molecule has 0 aliphatic carbocycles. The Kier molecular flexibility index (Phi) is 5.86. The maximum absolute atomic E-state index is 5.59. The first-order valence-electron chi connectivity index (χ1n) is 10.2. The minimum Gasteiger partial charge on any atom is -0.493 e. The number of nitrogens with one attached hydrogen (secondary N) is 1. The van der Waals surface area contributed by atoms with E-state index in [1.165, 1.54) is 29.5 Å². The number of allylic oxidation sites excluding steroid dienone is 1. The van der Waals surface area contributed by atoms with E-state index >= 15 is 0 Å². The first-order chi connectivity index (χ1) is 14.2. The maximum atomic E-state index is 5.59. The lowest BCUT2D eigenvalue weighted by Gasteiger charge is -2.32. The molecule has 1 saturated heterocycles. The Labute approximate surface area is 172 Å². The van der Waals surface area contributed by atoms with Crippen LogP contribution in [0.1, 0.15) is 35.6 Å². The molecular weight excluding hydrogens is 362 g/mol. The highest BCUT2D eigenvalue weighted by atomic mass is 16.5. The molecule has 4 rings (SSSR count). The van der Waals surface area contributed by atoms with Gasteiger partial charge in [0.25, 0.3) is 0 Å². The van der Waals surface area contributed by atoms with Gasteiger partial charge < -0.3 is 14.5 Å². The number of aromatic amines is 1. The normalized spacial score (nSPS) is 17.4. The van der Waals surface area contributed by atoms with E-state index in [-0.39, 0.29) is 0 Å². The SMILES string of the molecule is C=CCc1cc(CN2CCC[C@H](c3cc4cccnc4[nH]3)C2)cc(OC)c1OC. The molecule has 0 amide bonds. The van der Waals surface area contributed by atoms with Crippen molar-refractivity contribution < 1.29 is 9.47 Å². The van der Waals surface area contributed by atoms with Gasteiger partial charge in [0.2, 0.25) is 0 Å². The van der Waals surface area contributed by atoms with Crippen molar-refractivity contribution in [1.82, 2.24) is 14.9 Å². The molecule has 3 aromatic rings. The van der Waals surface area contributed by atoms with Crippen LogP contribution in [-0.4, -0.2) is 42.2 Å². The zero-order chi connectivity index (χ0) is 20.2. The van der Waals surface area contributed by atoms with Crippen molar-refractivity contribution in [2.45, 2.75) is 31.7 Å². The highest BCUT2D eigenvalue weighted by Gasteiger charge is 2.23. The van der Waals surface area contributed by atoms with Crippen molar-refractivity contribution in [3.63, 3.8) is 0 Å². The van der Waals surface area contributed by atoms with Crippen LogP contribution >= 0.6 is 0 Å².